The van der Waals surface area contributed by atoms with Gasteiger partial charge in [-0.05, 0) is 54.7 Å². The number of hydrogen-bond donors (Lipinski definition) is 3. The topological polar surface area (TPSA) is 101 Å². The predicted octanol–water partition coefficient (Wildman–Crippen LogP) is 4.30. The molecule has 0 spiro atoms. The van der Waals surface area contributed by atoms with Crippen LogP contribution < -0.4 is 14.8 Å². The fraction of sp³-hybridized carbons (Fsp3) is 0.304. The lowest BCUT2D eigenvalue weighted by Gasteiger charge is -2.17. The summed E-state index contributed by atoms with van der Waals surface area (Å²) in [6, 6.07) is 14.7. The van der Waals surface area contributed by atoms with E-state index in [0.717, 1.165) is 34.0 Å². The van der Waals surface area contributed by atoms with Crippen molar-refractivity contribution in [2.75, 3.05) is 11.8 Å². The highest BCUT2D eigenvalue weighted by molar-refractivity contribution is 7.80. The number of aryl methyl sites for hydroxylation is 2. The van der Waals surface area contributed by atoms with E-state index in [1.54, 1.807) is 30.6 Å². The monoisotopic (exact) mass is 473 g/mol. The summed E-state index contributed by atoms with van der Waals surface area (Å²) < 4.78 is 27.5. The van der Waals surface area contributed by atoms with Gasteiger partial charge in [0.1, 0.15) is 10.8 Å². The second-order valence-corrected chi connectivity index (χ2v) is 8.84. The lowest BCUT2D eigenvalue weighted by Crippen LogP contribution is -2.30. The second-order valence-electron chi connectivity index (χ2n) is 7.25. The molecule has 0 radical (unpaired) electrons. The molecule has 7 nitrogen and oxygen atoms in total. The maximum Gasteiger partial charge on any atom is 0.259 e. The number of ether oxygens (including phenoxy) is 1. The van der Waals surface area contributed by atoms with Crippen molar-refractivity contribution in [1.29, 1.82) is 0 Å². The smallest absolute Gasteiger partial charge is 0.259 e. The van der Waals surface area contributed by atoms with E-state index >= 15 is 0 Å². The Morgan fingerprint density at radius 2 is 1.84 bits per heavy atom. The maximum atomic E-state index is 12.7. The van der Waals surface area contributed by atoms with E-state index in [2.05, 4.69) is 21.9 Å². The third kappa shape index (κ3) is 7.15. The summed E-state index contributed by atoms with van der Waals surface area (Å²) in [7, 11) is 1.63. The summed E-state index contributed by atoms with van der Waals surface area (Å²) in [5, 5.41) is 6.04. The van der Waals surface area contributed by atoms with Crippen molar-refractivity contribution in [2.45, 2.75) is 38.6 Å². The van der Waals surface area contributed by atoms with Crippen LogP contribution in [0.4, 0.5) is 5.69 Å². The van der Waals surface area contributed by atoms with Crippen molar-refractivity contribution in [1.82, 2.24) is 10.3 Å². The van der Waals surface area contributed by atoms with Crippen LogP contribution in [0.25, 0.3) is 0 Å². The second kappa shape index (κ2) is 11.8. The molecule has 1 unspecified atom stereocenters. The largest absolute Gasteiger partial charge is 0.497 e. The Kier molecular flexibility index (Phi) is 8.78. The van der Waals surface area contributed by atoms with Gasteiger partial charge in [0.05, 0.1) is 18.8 Å². The van der Waals surface area contributed by atoms with Crippen LogP contribution in [0.1, 0.15) is 41.2 Å². The molecule has 2 atom stereocenters. The fourth-order valence-corrected chi connectivity index (χ4v) is 4.50. The van der Waals surface area contributed by atoms with Gasteiger partial charge in [0.25, 0.3) is 11.3 Å². The van der Waals surface area contributed by atoms with Crippen LogP contribution in [0.5, 0.6) is 5.75 Å². The molecule has 1 amide bonds. The van der Waals surface area contributed by atoms with Gasteiger partial charge in [0.2, 0.25) is 5.91 Å². The Morgan fingerprint density at radius 3 is 2.44 bits per heavy atom. The Labute approximate surface area is 194 Å². The van der Waals surface area contributed by atoms with E-state index in [1.807, 2.05) is 41.8 Å². The first-order valence-corrected chi connectivity index (χ1v) is 12.3. The molecular weight excluding hydrogens is 446 g/mol. The number of carbonyl (C=O) groups excluding carboxylic acids is 1. The highest BCUT2D eigenvalue weighted by atomic mass is 32.2. The molecule has 0 aliphatic heterocycles. The zero-order valence-electron chi connectivity index (χ0n) is 18.0. The molecule has 1 heterocycles. The summed E-state index contributed by atoms with van der Waals surface area (Å²) in [6.07, 6.45) is 2.43. The zero-order valence-corrected chi connectivity index (χ0v) is 19.7. The van der Waals surface area contributed by atoms with Crippen LogP contribution in [-0.2, 0) is 35.3 Å². The first kappa shape index (κ1) is 23.9. The van der Waals surface area contributed by atoms with Gasteiger partial charge in [-0.2, -0.15) is 0 Å². The van der Waals surface area contributed by atoms with E-state index in [4.69, 9.17) is 9.29 Å². The van der Waals surface area contributed by atoms with Crippen LogP contribution >= 0.6 is 11.3 Å². The lowest BCUT2D eigenvalue weighted by atomic mass is 10.0. The van der Waals surface area contributed by atoms with Gasteiger partial charge in [-0.15, -0.1) is 11.3 Å². The summed E-state index contributed by atoms with van der Waals surface area (Å²) in [5.74, 6) is 0.758. The Bertz CT molecular complexity index is 1040. The van der Waals surface area contributed by atoms with Gasteiger partial charge in [-0.25, -0.2) is 9.19 Å². The molecule has 170 valence electrons. The van der Waals surface area contributed by atoms with Crippen molar-refractivity contribution in [2.24, 2.45) is 0 Å². The van der Waals surface area contributed by atoms with E-state index in [-0.39, 0.29) is 11.9 Å². The molecule has 0 fully saturated rings. The van der Waals surface area contributed by atoms with Gasteiger partial charge in [0.15, 0.2) is 0 Å². The Morgan fingerprint density at radius 1 is 1.16 bits per heavy atom. The first-order chi connectivity index (χ1) is 15.5. The van der Waals surface area contributed by atoms with Crippen molar-refractivity contribution in [3.63, 3.8) is 0 Å². The fourth-order valence-electron chi connectivity index (χ4n) is 3.21. The summed E-state index contributed by atoms with van der Waals surface area (Å²) in [6.45, 7) is 2.05. The minimum Gasteiger partial charge on any atom is -0.497 e. The van der Waals surface area contributed by atoms with E-state index < -0.39 is 11.3 Å². The minimum atomic E-state index is -2.11. The summed E-state index contributed by atoms with van der Waals surface area (Å²) in [5.41, 5.74) is 3.63. The number of benzene rings is 2. The van der Waals surface area contributed by atoms with Gasteiger partial charge < -0.3 is 10.1 Å². The standard InChI is InChI=1S/C23H27N3O4S2/c1-3-18-15-31-23(24-18)21(14-17-4-9-19(10-5-17)26-32(28)29)25-22(27)13-8-16-6-11-20(30-2)12-7-16/h4-7,9-12,15,21,26H,3,8,13-14H2,1-2H3,(H,25,27)(H,28,29)/t21-/m0/s1. The number of aromatic nitrogens is 1. The Hall–Kier alpha value is -2.75. The predicted molar refractivity (Wildman–Crippen MR) is 128 cm³/mol. The number of anilines is 1. The molecule has 1 aromatic heterocycles. The molecule has 0 aliphatic carbocycles. The normalized spacial score (nSPS) is 12.7. The van der Waals surface area contributed by atoms with Crippen LogP contribution in [0.3, 0.4) is 0 Å². The minimum absolute atomic E-state index is 0.0342. The molecule has 0 aliphatic rings. The van der Waals surface area contributed by atoms with Crippen LogP contribution in [0, 0.1) is 0 Å². The summed E-state index contributed by atoms with van der Waals surface area (Å²) >= 11 is -0.564. The molecule has 0 saturated carbocycles. The zero-order chi connectivity index (χ0) is 22.9. The highest BCUT2D eigenvalue weighted by Crippen LogP contribution is 2.24. The number of rotatable bonds is 11. The third-order valence-electron chi connectivity index (χ3n) is 4.96. The van der Waals surface area contributed by atoms with Crippen LogP contribution in [-0.4, -0.2) is 26.8 Å². The number of carbonyl (C=O) groups is 1. The number of nitrogens with zero attached hydrogens (tertiary/aromatic N) is 1. The van der Waals surface area contributed by atoms with Crippen LogP contribution in [0.15, 0.2) is 53.9 Å². The highest BCUT2D eigenvalue weighted by Gasteiger charge is 2.19. The summed E-state index contributed by atoms with van der Waals surface area (Å²) in [4.78, 5) is 17.4. The molecule has 0 bridgehead atoms. The van der Waals surface area contributed by atoms with E-state index in [0.29, 0.717) is 24.9 Å². The van der Waals surface area contributed by atoms with Crippen LogP contribution in [0.2, 0.25) is 0 Å². The SMILES string of the molecule is CCc1csc([C@H](Cc2ccc(NS(=O)O)cc2)NC(=O)CCc2ccc(OC)cc2)n1. The lowest BCUT2D eigenvalue weighted by molar-refractivity contribution is -0.121. The molecule has 2 aromatic carbocycles. The van der Waals surface area contributed by atoms with Gasteiger partial charge in [-0.3, -0.25) is 14.1 Å². The van der Waals surface area contributed by atoms with Gasteiger partial charge in [-0.1, -0.05) is 31.2 Å². The number of methoxy groups -OCH3 is 1. The number of thiazole rings is 1. The average molecular weight is 474 g/mol. The molecule has 3 N–H and O–H groups in total. The molecule has 9 heteroatoms. The molecular formula is C23H27N3O4S2. The Balaban J connectivity index is 1.66. The molecule has 32 heavy (non-hydrogen) atoms. The van der Waals surface area contributed by atoms with Crippen molar-refractivity contribution >= 4 is 34.2 Å². The molecule has 3 rings (SSSR count). The quantitative estimate of drug-likeness (QED) is 0.361. The molecule has 0 saturated heterocycles. The van der Waals surface area contributed by atoms with E-state index in [9.17, 15) is 9.00 Å². The van der Waals surface area contributed by atoms with Gasteiger partial charge in [0, 0.05) is 17.5 Å². The van der Waals surface area contributed by atoms with E-state index in [1.165, 1.54) is 0 Å². The van der Waals surface area contributed by atoms with Crippen molar-refractivity contribution in [3.05, 3.63) is 75.7 Å². The van der Waals surface area contributed by atoms with Gasteiger partial charge >= 0.3 is 0 Å². The number of hydrogen-bond acceptors (Lipinski definition) is 5. The molecule has 3 aromatic rings. The average Bonchev–Trinajstić information content (AvgIpc) is 3.28. The number of nitrogens with one attached hydrogen (secondary N) is 2. The number of amides is 1. The maximum absolute atomic E-state index is 12.7. The first-order valence-electron chi connectivity index (χ1n) is 10.3. The van der Waals surface area contributed by atoms with Crippen molar-refractivity contribution in [3.8, 4) is 5.75 Å². The van der Waals surface area contributed by atoms with Crippen molar-refractivity contribution < 1.29 is 18.3 Å². The third-order valence-corrected chi connectivity index (χ3v) is 6.38.